The molecule has 0 saturated heterocycles. The van der Waals surface area contributed by atoms with Gasteiger partial charge in [0.2, 0.25) is 5.69 Å². The molecular formula is C25H20N8O2. The number of nitrogen functional groups attached to an aromatic ring is 1. The monoisotopic (exact) mass is 464 g/mol. The number of hydrogen-bond donors (Lipinski definition) is 2. The molecule has 0 fully saturated rings. The molecule has 5 aromatic rings. The highest BCUT2D eigenvalue weighted by Gasteiger charge is 2.21. The van der Waals surface area contributed by atoms with Gasteiger partial charge in [-0.25, -0.2) is 14.8 Å². The molecular weight excluding hydrogens is 444 g/mol. The van der Waals surface area contributed by atoms with Crippen LogP contribution >= 0.6 is 0 Å². The number of anilines is 2. The fourth-order valence-corrected chi connectivity index (χ4v) is 4.00. The summed E-state index contributed by atoms with van der Waals surface area (Å²) in [6.07, 6.45) is 6.34. The number of pyridine rings is 2. The minimum absolute atomic E-state index is 0.220. The highest BCUT2D eigenvalue weighted by molar-refractivity contribution is 5.96. The van der Waals surface area contributed by atoms with Gasteiger partial charge in [-0.05, 0) is 36.9 Å². The lowest BCUT2D eigenvalue weighted by molar-refractivity contribution is 0.415. The summed E-state index contributed by atoms with van der Waals surface area (Å²) in [5.41, 5.74) is 8.27. The molecule has 172 valence electrons. The standard InChI is InChI=1S/C25H20N8O2/c1-14(31-24-23(27-3)19(26)7-9-28-24)20-11-16-5-4-6-18(17-12-29-15(2)30-13-17)22(16)25(34)33(20)21-8-10-35-32-21/h4-14H,1-2H3,(H3,26,28,31)/t14-/m0/s1. The van der Waals surface area contributed by atoms with Crippen LogP contribution in [0.1, 0.15) is 24.5 Å². The molecule has 1 atom stereocenters. The Morgan fingerprint density at radius 3 is 2.69 bits per heavy atom. The van der Waals surface area contributed by atoms with E-state index in [-0.39, 0.29) is 11.2 Å². The van der Waals surface area contributed by atoms with Gasteiger partial charge in [-0.15, -0.1) is 0 Å². The van der Waals surface area contributed by atoms with Gasteiger partial charge >= 0.3 is 0 Å². The highest BCUT2D eigenvalue weighted by atomic mass is 16.5. The Hall–Kier alpha value is -5.04. The molecule has 0 saturated carbocycles. The Kier molecular flexibility index (Phi) is 5.43. The minimum Gasteiger partial charge on any atom is -0.407 e. The van der Waals surface area contributed by atoms with Crippen LogP contribution in [0.25, 0.3) is 32.6 Å². The second-order valence-corrected chi connectivity index (χ2v) is 7.93. The second kappa shape index (κ2) is 8.72. The van der Waals surface area contributed by atoms with Gasteiger partial charge in [-0.3, -0.25) is 14.3 Å². The van der Waals surface area contributed by atoms with E-state index < -0.39 is 6.04 Å². The van der Waals surface area contributed by atoms with Crippen molar-refractivity contribution in [2.75, 3.05) is 11.1 Å². The van der Waals surface area contributed by atoms with Gasteiger partial charge in [-0.2, -0.15) is 0 Å². The van der Waals surface area contributed by atoms with Crippen molar-refractivity contribution in [3.05, 3.63) is 94.5 Å². The molecule has 1 aromatic carbocycles. The maximum Gasteiger partial charge on any atom is 0.265 e. The van der Waals surface area contributed by atoms with Crippen LogP contribution in [0.5, 0.6) is 0 Å². The first-order chi connectivity index (χ1) is 17.0. The third kappa shape index (κ3) is 3.85. The van der Waals surface area contributed by atoms with Crippen LogP contribution in [0, 0.1) is 13.5 Å². The topological polar surface area (TPSA) is 129 Å². The summed E-state index contributed by atoms with van der Waals surface area (Å²) < 4.78 is 6.54. The number of aromatic nitrogens is 5. The van der Waals surface area contributed by atoms with Crippen LogP contribution in [-0.2, 0) is 0 Å². The van der Waals surface area contributed by atoms with Gasteiger partial charge in [-0.1, -0.05) is 23.4 Å². The Bertz CT molecular complexity index is 1630. The number of rotatable bonds is 5. The molecule has 0 amide bonds. The van der Waals surface area contributed by atoms with E-state index in [9.17, 15) is 4.79 Å². The van der Waals surface area contributed by atoms with Crippen molar-refractivity contribution < 1.29 is 4.52 Å². The maximum absolute atomic E-state index is 14.0. The molecule has 0 aliphatic carbocycles. The van der Waals surface area contributed by atoms with Gasteiger partial charge in [0, 0.05) is 35.9 Å². The molecule has 3 N–H and O–H groups in total. The number of hydrogen-bond acceptors (Lipinski definition) is 8. The minimum atomic E-state index is -0.440. The number of aryl methyl sites for hydroxylation is 1. The first-order valence-electron chi connectivity index (χ1n) is 10.7. The Morgan fingerprint density at radius 1 is 1.17 bits per heavy atom. The Morgan fingerprint density at radius 2 is 1.97 bits per heavy atom. The smallest absolute Gasteiger partial charge is 0.265 e. The third-order valence-corrected chi connectivity index (χ3v) is 5.68. The molecule has 0 bridgehead atoms. The molecule has 10 heteroatoms. The molecule has 0 unspecified atom stereocenters. The molecule has 0 aliphatic heterocycles. The average Bonchev–Trinajstić information content (AvgIpc) is 3.38. The largest absolute Gasteiger partial charge is 0.407 e. The summed E-state index contributed by atoms with van der Waals surface area (Å²) in [4.78, 5) is 30.3. The van der Waals surface area contributed by atoms with Crippen LogP contribution in [0.4, 0.5) is 17.2 Å². The average molecular weight is 464 g/mol. The lowest BCUT2D eigenvalue weighted by Crippen LogP contribution is -2.26. The van der Waals surface area contributed by atoms with Crippen LogP contribution in [0.2, 0.25) is 0 Å². The van der Waals surface area contributed by atoms with Crippen LogP contribution in [0.15, 0.2) is 70.6 Å². The number of nitrogens with two attached hydrogens (primary N) is 1. The van der Waals surface area contributed by atoms with Crippen LogP contribution in [0.3, 0.4) is 0 Å². The van der Waals surface area contributed by atoms with E-state index in [0.717, 1.165) is 10.9 Å². The fraction of sp³-hybridized carbons (Fsp3) is 0.120. The molecule has 35 heavy (non-hydrogen) atoms. The van der Waals surface area contributed by atoms with Crippen LogP contribution in [-0.4, -0.2) is 24.7 Å². The van der Waals surface area contributed by atoms with Crippen molar-refractivity contribution in [1.29, 1.82) is 0 Å². The van der Waals surface area contributed by atoms with Crippen molar-refractivity contribution >= 4 is 28.0 Å². The number of nitrogens with zero attached hydrogens (tertiary/aromatic N) is 6. The summed E-state index contributed by atoms with van der Waals surface area (Å²) in [5.74, 6) is 1.31. The zero-order valence-electron chi connectivity index (χ0n) is 18.9. The van der Waals surface area contributed by atoms with Crippen LogP contribution < -0.4 is 16.6 Å². The maximum atomic E-state index is 14.0. The number of fused-ring (bicyclic) bond motifs is 1. The predicted octanol–water partition coefficient (Wildman–Crippen LogP) is 4.45. The lowest BCUT2D eigenvalue weighted by Gasteiger charge is -2.21. The first kappa shape index (κ1) is 21.8. The summed E-state index contributed by atoms with van der Waals surface area (Å²) in [6.45, 7) is 11.1. The van der Waals surface area contributed by atoms with Gasteiger partial charge in [0.15, 0.2) is 5.82 Å². The zero-order chi connectivity index (χ0) is 24.5. The van der Waals surface area contributed by atoms with E-state index in [1.54, 1.807) is 31.5 Å². The highest BCUT2D eigenvalue weighted by Crippen LogP contribution is 2.33. The van der Waals surface area contributed by atoms with Crippen molar-refractivity contribution in [3.8, 4) is 16.9 Å². The van der Waals surface area contributed by atoms with Crippen molar-refractivity contribution in [2.24, 2.45) is 0 Å². The molecule has 0 spiro atoms. The summed E-state index contributed by atoms with van der Waals surface area (Å²) >= 11 is 0. The lowest BCUT2D eigenvalue weighted by atomic mass is 9.99. The summed E-state index contributed by atoms with van der Waals surface area (Å²) in [5, 5.41) is 8.48. The van der Waals surface area contributed by atoms with Gasteiger partial charge in [0.1, 0.15) is 17.9 Å². The van der Waals surface area contributed by atoms with Gasteiger partial charge in [0.25, 0.3) is 5.56 Å². The second-order valence-electron chi connectivity index (χ2n) is 7.93. The number of nitrogens with one attached hydrogen (secondary N) is 1. The molecule has 10 nitrogen and oxygen atoms in total. The molecule has 0 aliphatic rings. The zero-order valence-corrected chi connectivity index (χ0v) is 18.9. The van der Waals surface area contributed by atoms with E-state index >= 15 is 0 Å². The molecule has 4 heterocycles. The molecule has 4 aromatic heterocycles. The van der Waals surface area contributed by atoms with Gasteiger partial charge in [0.05, 0.1) is 23.7 Å². The SMILES string of the molecule is [C-]#[N+]c1c(N)ccnc1N[C@@H](C)c1cc2cccc(-c3cnc(C)nc3)c2c(=O)n1-c1ccon1. The van der Waals surface area contributed by atoms with E-state index in [0.29, 0.717) is 39.8 Å². The van der Waals surface area contributed by atoms with Crippen molar-refractivity contribution in [1.82, 2.24) is 24.7 Å². The van der Waals surface area contributed by atoms with Gasteiger partial charge < -0.3 is 15.6 Å². The Labute approximate surface area is 199 Å². The molecule has 5 rings (SSSR count). The summed E-state index contributed by atoms with van der Waals surface area (Å²) in [6, 6.07) is 10.3. The summed E-state index contributed by atoms with van der Waals surface area (Å²) in [7, 11) is 0. The number of benzene rings is 1. The van der Waals surface area contributed by atoms with E-state index in [4.69, 9.17) is 16.8 Å². The van der Waals surface area contributed by atoms with Crippen molar-refractivity contribution in [3.63, 3.8) is 0 Å². The Balaban J connectivity index is 1.73. The van der Waals surface area contributed by atoms with E-state index in [2.05, 4.69) is 30.3 Å². The quantitative estimate of drug-likeness (QED) is 0.365. The van der Waals surface area contributed by atoms with E-state index in [1.165, 1.54) is 17.0 Å². The van der Waals surface area contributed by atoms with Crippen molar-refractivity contribution in [2.45, 2.75) is 19.9 Å². The third-order valence-electron chi connectivity index (χ3n) is 5.68. The predicted molar refractivity (Wildman–Crippen MR) is 132 cm³/mol. The molecule has 0 radical (unpaired) electrons. The van der Waals surface area contributed by atoms with E-state index in [1.807, 2.05) is 31.2 Å². The first-order valence-corrected chi connectivity index (χ1v) is 10.7. The normalized spacial score (nSPS) is 11.8. The fourth-order valence-electron chi connectivity index (χ4n) is 4.00.